The molecule has 1 aromatic carbocycles. The molecule has 2 amide bonds. The number of nitrogens with zero attached hydrogens (tertiary/aromatic N) is 3. The van der Waals surface area contributed by atoms with Crippen molar-refractivity contribution in [1.82, 2.24) is 19.8 Å². The molecule has 0 bridgehead atoms. The molecule has 1 fully saturated rings. The summed E-state index contributed by atoms with van der Waals surface area (Å²) in [5.41, 5.74) is 3.24. The highest BCUT2D eigenvalue weighted by Gasteiger charge is 2.26. The molecule has 1 aliphatic rings. The van der Waals surface area contributed by atoms with Crippen LogP contribution in [0.3, 0.4) is 0 Å². The Morgan fingerprint density at radius 2 is 2.08 bits per heavy atom. The number of aromatic nitrogens is 2. The van der Waals surface area contributed by atoms with Crippen LogP contribution in [0.2, 0.25) is 0 Å². The van der Waals surface area contributed by atoms with Crippen LogP contribution in [0, 0.1) is 6.92 Å². The monoisotopic (exact) mass is 344 g/mol. The highest BCUT2D eigenvalue weighted by molar-refractivity contribution is 5.77. The van der Waals surface area contributed by atoms with Gasteiger partial charge < -0.3 is 19.5 Å². The Bertz CT molecular complexity index is 747. The number of imidazole rings is 1. The van der Waals surface area contributed by atoms with Crippen molar-refractivity contribution in [2.75, 3.05) is 14.2 Å². The number of hydrogen-bond acceptors (Lipinski definition) is 3. The maximum absolute atomic E-state index is 12.5. The Labute approximate surface area is 149 Å². The van der Waals surface area contributed by atoms with Gasteiger partial charge in [-0.3, -0.25) is 0 Å². The third-order valence-corrected chi connectivity index (χ3v) is 5.37. The summed E-state index contributed by atoms with van der Waals surface area (Å²) in [7, 11) is 5.63. The Kier molecular flexibility index (Phi) is 5.27. The third-order valence-electron chi connectivity index (χ3n) is 5.37. The van der Waals surface area contributed by atoms with Crippen molar-refractivity contribution in [1.29, 1.82) is 0 Å². The molecule has 6 heteroatoms. The summed E-state index contributed by atoms with van der Waals surface area (Å²) < 4.78 is 7.45. The van der Waals surface area contributed by atoms with Gasteiger partial charge in [0.2, 0.25) is 0 Å². The highest BCUT2D eigenvalue weighted by atomic mass is 16.5. The van der Waals surface area contributed by atoms with Crippen LogP contribution in [-0.4, -0.2) is 46.8 Å². The number of aryl methyl sites for hydroxylation is 2. The van der Waals surface area contributed by atoms with Gasteiger partial charge in [0, 0.05) is 27.2 Å². The average molecular weight is 344 g/mol. The smallest absolute Gasteiger partial charge is 0.317 e. The number of carbonyl (C=O) groups excluding carboxylic acids is 1. The quantitative estimate of drug-likeness (QED) is 0.927. The maximum Gasteiger partial charge on any atom is 0.317 e. The lowest BCUT2D eigenvalue weighted by atomic mass is 9.92. The Balaban J connectivity index is 1.59. The van der Waals surface area contributed by atoms with Crippen LogP contribution >= 0.6 is 0 Å². The summed E-state index contributed by atoms with van der Waals surface area (Å²) in [5.74, 6) is 0.866. The van der Waals surface area contributed by atoms with E-state index in [2.05, 4.69) is 35.4 Å². The summed E-state index contributed by atoms with van der Waals surface area (Å²) >= 11 is 0. The molecule has 3 rings (SSSR count). The molecule has 0 saturated heterocycles. The predicted octanol–water partition coefficient (Wildman–Crippen LogP) is 2.98. The molecule has 2 aromatic rings. The van der Waals surface area contributed by atoms with Gasteiger partial charge in [-0.1, -0.05) is 6.07 Å². The largest absolute Gasteiger partial charge is 0.381 e. The molecule has 0 atom stereocenters. The van der Waals surface area contributed by atoms with E-state index < -0.39 is 0 Å². The van der Waals surface area contributed by atoms with Crippen LogP contribution < -0.4 is 5.32 Å². The van der Waals surface area contributed by atoms with Crippen molar-refractivity contribution in [3.63, 3.8) is 0 Å². The predicted molar refractivity (Wildman–Crippen MR) is 98.5 cm³/mol. The number of benzene rings is 1. The van der Waals surface area contributed by atoms with E-state index in [-0.39, 0.29) is 12.1 Å². The van der Waals surface area contributed by atoms with Crippen molar-refractivity contribution in [3.8, 4) is 0 Å². The molecule has 1 aromatic heterocycles. The second kappa shape index (κ2) is 7.44. The lowest BCUT2D eigenvalue weighted by molar-refractivity contribution is 0.0496. The minimum atomic E-state index is -0.0379. The summed E-state index contributed by atoms with van der Waals surface area (Å²) in [5, 5.41) is 3.01. The Morgan fingerprint density at radius 1 is 1.36 bits per heavy atom. The molecule has 1 heterocycles. The minimum Gasteiger partial charge on any atom is -0.381 e. The van der Waals surface area contributed by atoms with Gasteiger partial charge in [0.15, 0.2) is 0 Å². The van der Waals surface area contributed by atoms with E-state index in [1.165, 1.54) is 5.56 Å². The normalized spacial score (nSPS) is 20.6. The van der Waals surface area contributed by atoms with Crippen molar-refractivity contribution in [3.05, 3.63) is 29.6 Å². The summed E-state index contributed by atoms with van der Waals surface area (Å²) in [6.07, 6.45) is 4.37. The molecule has 6 nitrogen and oxygen atoms in total. The van der Waals surface area contributed by atoms with Gasteiger partial charge in [-0.05, 0) is 50.3 Å². The van der Waals surface area contributed by atoms with Gasteiger partial charge >= 0.3 is 6.03 Å². The topological polar surface area (TPSA) is 59.4 Å². The average Bonchev–Trinajstić information content (AvgIpc) is 2.94. The molecule has 0 spiro atoms. The molecular formula is C19H28N4O2. The van der Waals surface area contributed by atoms with Crippen LogP contribution in [0.1, 0.15) is 37.1 Å². The number of hydrogen-bond donors (Lipinski definition) is 1. The van der Waals surface area contributed by atoms with E-state index >= 15 is 0 Å². The summed E-state index contributed by atoms with van der Waals surface area (Å²) in [6.45, 7) is 2.49. The number of ether oxygens (including phenoxy) is 1. The first-order valence-electron chi connectivity index (χ1n) is 8.95. The Morgan fingerprint density at radius 3 is 2.76 bits per heavy atom. The molecule has 1 N–H and O–H groups in total. The SMILES string of the molecule is COC1CCC(N(C)C(=O)NCc2nc3cc(C)ccc3n2C)CC1. The number of urea groups is 1. The van der Waals surface area contributed by atoms with Crippen molar-refractivity contribution in [2.24, 2.45) is 7.05 Å². The van der Waals surface area contributed by atoms with Gasteiger partial charge in [0.25, 0.3) is 0 Å². The highest BCUT2D eigenvalue weighted by Crippen LogP contribution is 2.24. The fourth-order valence-electron chi connectivity index (χ4n) is 3.63. The van der Waals surface area contributed by atoms with Gasteiger partial charge in [-0.2, -0.15) is 0 Å². The second-order valence-corrected chi connectivity index (χ2v) is 7.02. The summed E-state index contributed by atoms with van der Waals surface area (Å²) in [4.78, 5) is 19.0. The van der Waals surface area contributed by atoms with Crippen LogP contribution in [-0.2, 0) is 18.3 Å². The molecule has 0 unspecified atom stereocenters. The zero-order valence-corrected chi connectivity index (χ0v) is 15.6. The van der Waals surface area contributed by atoms with Crippen molar-refractivity contribution < 1.29 is 9.53 Å². The van der Waals surface area contributed by atoms with E-state index in [1.54, 1.807) is 7.11 Å². The number of amides is 2. The van der Waals surface area contributed by atoms with Crippen LogP contribution in [0.15, 0.2) is 18.2 Å². The Hall–Kier alpha value is -2.08. The minimum absolute atomic E-state index is 0.0379. The molecular weight excluding hydrogens is 316 g/mol. The van der Waals surface area contributed by atoms with Crippen LogP contribution in [0.4, 0.5) is 4.79 Å². The zero-order chi connectivity index (χ0) is 18.0. The van der Waals surface area contributed by atoms with Gasteiger partial charge in [0.05, 0.1) is 23.7 Å². The van der Waals surface area contributed by atoms with E-state index in [4.69, 9.17) is 4.74 Å². The van der Waals surface area contributed by atoms with Gasteiger partial charge in [0.1, 0.15) is 5.82 Å². The molecule has 0 aliphatic heterocycles. The van der Waals surface area contributed by atoms with E-state index in [9.17, 15) is 4.79 Å². The number of nitrogens with one attached hydrogen (secondary N) is 1. The van der Waals surface area contributed by atoms with E-state index in [0.29, 0.717) is 12.6 Å². The standard InChI is InChI=1S/C19H28N4O2/c1-13-5-10-17-16(11-13)21-18(23(17)3)12-20-19(24)22(2)14-6-8-15(25-4)9-7-14/h5,10-11,14-15H,6-9,12H2,1-4H3,(H,20,24). The first-order chi connectivity index (χ1) is 12.0. The number of methoxy groups -OCH3 is 1. The lowest BCUT2D eigenvalue weighted by Gasteiger charge is -2.34. The van der Waals surface area contributed by atoms with E-state index in [1.807, 2.05) is 23.6 Å². The molecule has 1 aliphatic carbocycles. The number of fused-ring (bicyclic) bond motifs is 1. The van der Waals surface area contributed by atoms with Gasteiger partial charge in [-0.15, -0.1) is 0 Å². The zero-order valence-electron chi connectivity index (χ0n) is 15.6. The number of carbonyl (C=O) groups is 1. The third kappa shape index (κ3) is 3.79. The maximum atomic E-state index is 12.5. The molecule has 0 radical (unpaired) electrons. The van der Waals surface area contributed by atoms with Crippen molar-refractivity contribution >= 4 is 17.1 Å². The molecule has 1 saturated carbocycles. The molecule has 25 heavy (non-hydrogen) atoms. The van der Waals surface area contributed by atoms with Crippen molar-refractivity contribution in [2.45, 2.75) is 51.3 Å². The van der Waals surface area contributed by atoms with Crippen LogP contribution in [0.25, 0.3) is 11.0 Å². The summed E-state index contributed by atoms with van der Waals surface area (Å²) in [6, 6.07) is 6.47. The fourth-order valence-corrected chi connectivity index (χ4v) is 3.63. The van der Waals surface area contributed by atoms with E-state index in [0.717, 1.165) is 42.5 Å². The molecule has 136 valence electrons. The fraction of sp³-hybridized carbons (Fsp3) is 0.579. The number of rotatable bonds is 4. The van der Waals surface area contributed by atoms with Gasteiger partial charge in [-0.25, -0.2) is 9.78 Å². The first-order valence-corrected chi connectivity index (χ1v) is 8.95. The second-order valence-electron chi connectivity index (χ2n) is 7.02. The lowest BCUT2D eigenvalue weighted by Crippen LogP contribution is -2.45. The first kappa shape index (κ1) is 17.7. The van der Waals surface area contributed by atoms with Crippen LogP contribution in [0.5, 0.6) is 0 Å².